The first-order valence-corrected chi connectivity index (χ1v) is 3.52. The quantitative estimate of drug-likeness (QED) is 0.422. The van der Waals surface area contributed by atoms with Crippen molar-refractivity contribution >= 4 is 5.52 Å². The largest absolute Gasteiger partial charge is 0.281 e. The smallest absolute Gasteiger partial charge is 0.269 e. The van der Waals surface area contributed by atoms with Crippen molar-refractivity contribution in [1.82, 2.24) is 4.68 Å². The lowest BCUT2D eigenvalue weighted by molar-refractivity contribution is -0.520. The Morgan fingerprint density at radius 1 is 1.45 bits per heavy atom. The summed E-state index contributed by atoms with van der Waals surface area (Å²) in [4.78, 5) is 0. The third-order valence-electron chi connectivity index (χ3n) is 1.89. The van der Waals surface area contributed by atoms with Crippen LogP contribution in [0.5, 0.6) is 0 Å². The van der Waals surface area contributed by atoms with Gasteiger partial charge in [0.25, 0.3) is 5.82 Å². The third kappa shape index (κ3) is 0.774. The van der Waals surface area contributed by atoms with Crippen LogP contribution in [-0.4, -0.2) is 4.68 Å². The van der Waals surface area contributed by atoms with Gasteiger partial charge in [0.2, 0.25) is 0 Å². The first-order chi connectivity index (χ1) is 5.29. The molecule has 0 aromatic carbocycles. The molecule has 0 bridgehead atoms. The second-order valence-electron chi connectivity index (χ2n) is 2.58. The SMILES string of the molecule is Cc1n(N)cc2cccc[n+]12. The van der Waals surface area contributed by atoms with Crippen molar-refractivity contribution in [1.29, 1.82) is 0 Å². The van der Waals surface area contributed by atoms with Crippen molar-refractivity contribution in [2.45, 2.75) is 6.92 Å². The van der Waals surface area contributed by atoms with Crippen molar-refractivity contribution in [3.63, 3.8) is 0 Å². The summed E-state index contributed by atoms with van der Waals surface area (Å²) in [6, 6.07) is 6.01. The fraction of sp³-hybridized carbons (Fsp3) is 0.125. The van der Waals surface area contributed by atoms with Gasteiger partial charge in [-0.15, -0.1) is 4.68 Å². The molecule has 2 rings (SSSR count). The number of aryl methyl sites for hydroxylation is 1. The van der Waals surface area contributed by atoms with E-state index >= 15 is 0 Å². The lowest BCUT2D eigenvalue weighted by Gasteiger charge is -1.85. The molecule has 0 unspecified atom stereocenters. The first-order valence-electron chi connectivity index (χ1n) is 3.52. The number of nitrogens with two attached hydrogens (primary N) is 1. The molecule has 0 aliphatic heterocycles. The second-order valence-corrected chi connectivity index (χ2v) is 2.58. The number of hydrogen-bond acceptors (Lipinski definition) is 1. The second kappa shape index (κ2) is 1.99. The molecule has 0 saturated carbocycles. The van der Waals surface area contributed by atoms with Crippen LogP contribution in [0.4, 0.5) is 0 Å². The maximum atomic E-state index is 5.65. The van der Waals surface area contributed by atoms with E-state index in [1.165, 1.54) is 0 Å². The average molecular weight is 148 g/mol. The fourth-order valence-corrected chi connectivity index (χ4v) is 1.22. The Kier molecular flexibility index (Phi) is 1.12. The minimum Gasteiger partial charge on any atom is -0.269 e. The molecule has 2 heterocycles. The number of rotatable bonds is 0. The Bertz CT molecular complexity index is 389. The lowest BCUT2D eigenvalue weighted by atomic mass is 10.4. The summed E-state index contributed by atoms with van der Waals surface area (Å²) in [6.07, 6.45) is 3.89. The van der Waals surface area contributed by atoms with Gasteiger partial charge in [-0.25, -0.2) is 0 Å². The molecular weight excluding hydrogens is 138 g/mol. The highest BCUT2D eigenvalue weighted by molar-refractivity contribution is 5.36. The summed E-state index contributed by atoms with van der Waals surface area (Å²) < 4.78 is 3.66. The number of nitrogen functional groups attached to an aromatic ring is 1. The summed E-state index contributed by atoms with van der Waals surface area (Å²) in [7, 11) is 0. The zero-order valence-electron chi connectivity index (χ0n) is 6.36. The predicted molar refractivity (Wildman–Crippen MR) is 42.5 cm³/mol. The van der Waals surface area contributed by atoms with E-state index in [0.717, 1.165) is 11.3 Å². The van der Waals surface area contributed by atoms with Crippen molar-refractivity contribution in [2.75, 3.05) is 5.84 Å². The van der Waals surface area contributed by atoms with E-state index in [2.05, 4.69) is 0 Å². The molecule has 2 aromatic rings. The molecule has 0 saturated heterocycles. The van der Waals surface area contributed by atoms with Gasteiger partial charge in [0, 0.05) is 6.92 Å². The van der Waals surface area contributed by atoms with E-state index in [-0.39, 0.29) is 0 Å². The van der Waals surface area contributed by atoms with Gasteiger partial charge in [-0.2, -0.15) is 4.40 Å². The normalized spacial score (nSPS) is 10.6. The predicted octanol–water partition coefficient (Wildman–Crippen LogP) is 0.249. The average Bonchev–Trinajstić information content (AvgIpc) is 2.30. The van der Waals surface area contributed by atoms with Gasteiger partial charge >= 0.3 is 0 Å². The van der Waals surface area contributed by atoms with Crippen molar-refractivity contribution in [3.05, 3.63) is 36.4 Å². The van der Waals surface area contributed by atoms with Gasteiger partial charge in [-0.05, 0) is 12.1 Å². The summed E-state index contributed by atoms with van der Waals surface area (Å²) in [5, 5.41) is 0. The van der Waals surface area contributed by atoms with E-state index in [0.29, 0.717) is 0 Å². The molecule has 3 nitrogen and oxygen atoms in total. The van der Waals surface area contributed by atoms with Crippen LogP contribution in [0.25, 0.3) is 5.52 Å². The highest BCUT2D eigenvalue weighted by atomic mass is 15.3. The molecule has 0 fully saturated rings. The van der Waals surface area contributed by atoms with Gasteiger partial charge in [0.05, 0.1) is 6.20 Å². The number of nitrogens with zero attached hydrogens (tertiary/aromatic N) is 2. The van der Waals surface area contributed by atoms with Crippen LogP contribution in [0.1, 0.15) is 5.82 Å². The van der Waals surface area contributed by atoms with Crippen molar-refractivity contribution in [2.24, 2.45) is 0 Å². The third-order valence-corrected chi connectivity index (χ3v) is 1.89. The molecule has 0 radical (unpaired) electrons. The molecule has 0 atom stereocenters. The molecule has 0 aliphatic rings. The molecule has 0 spiro atoms. The Hall–Kier alpha value is -1.51. The van der Waals surface area contributed by atoms with Crippen LogP contribution in [0.15, 0.2) is 30.6 Å². The Morgan fingerprint density at radius 3 is 3.00 bits per heavy atom. The Balaban J connectivity index is 2.92. The van der Waals surface area contributed by atoms with Crippen LogP contribution in [0, 0.1) is 6.92 Å². The molecule has 3 heteroatoms. The van der Waals surface area contributed by atoms with Crippen LogP contribution in [0.2, 0.25) is 0 Å². The van der Waals surface area contributed by atoms with Gasteiger partial charge < -0.3 is 0 Å². The van der Waals surface area contributed by atoms with E-state index < -0.39 is 0 Å². The molecule has 11 heavy (non-hydrogen) atoms. The number of fused-ring (bicyclic) bond motifs is 1. The molecule has 2 aromatic heterocycles. The maximum Gasteiger partial charge on any atom is 0.281 e. The number of aromatic nitrogens is 2. The van der Waals surface area contributed by atoms with Gasteiger partial charge in [0.1, 0.15) is 0 Å². The molecule has 2 N–H and O–H groups in total. The van der Waals surface area contributed by atoms with Gasteiger partial charge in [-0.1, -0.05) is 6.07 Å². The van der Waals surface area contributed by atoms with E-state index in [4.69, 9.17) is 5.84 Å². The molecule has 56 valence electrons. The summed E-state index contributed by atoms with van der Waals surface area (Å²) >= 11 is 0. The lowest BCUT2D eigenvalue weighted by Crippen LogP contribution is -2.25. The zero-order valence-corrected chi connectivity index (χ0v) is 6.36. The molecule has 0 aliphatic carbocycles. The fourth-order valence-electron chi connectivity index (χ4n) is 1.22. The Labute approximate surface area is 64.7 Å². The monoisotopic (exact) mass is 148 g/mol. The highest BCUT2D eigenvalue weighted by Crippen LogP contribution is 1.96. The van der Waals surface area contributed by atoms with Crippen molar-refractivity contribution in [3.8, 4) is 0 Å². The van der Waals surface area contributed by atoms with Crippen LogP contribution in [-0.2, 0) is 0 Å². The molecular formula is C8H10N3+. The van der Waals surface area contributed by atoms with E-state index in [1.807, 2.05) is 41.9 Å². The van der Waals surface area contributed by atoms with Crippen LogP contribution in [0.3, 0.4) is 0 Å². The minimum atomic E-state index is 1.03. The summed E-state index contributed by atoms with van der Waals surface area (Å²) in [5.74, 6) is 6.68. The minimum absolute atomic E-state index is 1.03. The standard InChI is InChI=1S/C8H10N3/c1-7-10-5-3-2-4-8(10)6-11(7)9/h2-6H,9H2,1H3/q+1. The first kappa shape index (κ1) is 6.22. The zero-order chi connectivity index (χ0) is 7.84. The summed E-state index contributed by atoms with van der Waals surface area (Å²) in [6.45, 7) is 1.98. The topological polar surface area (TPSA) is 35.0 Å². The number of imidazole rings is 1. The highest BCUT2D eigenvalue weighted by Gasteiger charge is 2.08. The Morgan fingerprint density at radius 2 is 2.27 bits per heavy atom. The summed E-state index contributed by atoms with van der Waals surface area (Å²) in [5.41, 5.74) is 1.12. The number of hydrogen-bond donors (Lipinski definition) is 1. The van der Waals surface area contributed by atoms with Crippen molar-refractivity contribution < 1.29 is 4.40 Å². The molecule has 0 amide bonds. The van der Waals surface area contributed by atoms with Gasteiger partial charge in [0.15, 0.2) is 11.7 Å². The van der Waals surface area contributed by atoms with E-state index in [9.17, 15) is 0 Å². The van der Waals surface area contributed by atoms with E-state index in [1.54, 1.807) is 4.68 Å². The van der Waals surface area contributed by atoms with Crippen LogP contribution >= 0.6 is 0 Å². The van der Waals surface area contributed by atoms with Gasteiger partial charge in [-0.3, -0.25) is 5.84 Å². The number of pyridine rings is 1. The maximum absolute atomic E-state index is 5.65. The van der Waals surface area contributed by atoms with Crippen LogP contribution < -0.4 is 10.2 Å².